The fourth-order valence-corrected chi connectivity index (χ4v) is 8.04. The van der Waals surface area contributed by atoms with Crippen LogP contribution in [0.1, 0.15) is 226 Å². The van der Waals surface area contributed by atoms with Gasteiger partial charge in [0, 0.05) is 12.8 Å². The number of nitrogens with zero attached hydrogens (tertiary/aromatic N) is 1. The first-order valence-electron chi connectivity index (χ1n) is 27.1. The van der Waals surface area contributed by atoms with Crippen molar-refractivity contribution in [1.82, 2.24) is 0 Å². The first-order valence-corrected chi connectivity index (χ1v) is 28.6. The molecule has 2 atom stereocenters. The Morgan fingerprint density at radius 1 is 0.478 bits per heavy atom. The number of hydrogen-bond donors (Lipinski definition) is 0. The van der Waals surface area contributed by atoms with Crippen LogP contribution in [0, 0.1) is 0 Å². The summed E-state index contributed by atoms with van der Waals surface area (Å²) < 4.78 is 34.1. The van der Waals surface area contributed by atoms with Gasteiger partial charge in [0.15, 0.2) is 6.10 Å². The number of phosphoric acid groups is 1. The quantitative estimate of drug-likeness (QED) is 0.0195. The van der Waals surface area contributed by atoms with Gasteiger partial charge >= 0.3 is 11.9 Å². The molecule has 67 heavy (non-hydrogen) atoms. The molecule has 0 amide bonds. The summed E-state index contributed by atoms with van der Waals surface area (Å²) in [4.78, 5) is 37.7. The molecule has 0 aromatic carbocycles. The van der Waals surface area contributed by atoms with E-state index in [1.54, 1.807) is 0 Å². The molecule has 0 aromatic rings. The lowest BCUT2D eigenvalue weighted by Crippen LogP contribution is -2.37. The summed E-state index contributed by atoms with van der Waals surface area (Å²) in [5.74, 6) is -0.835. The van der Waals surface area contributed by atoms with Gasteiger partial charge in [0.05, 0.1) is 27.7 Å². The molecule has 0 aromatic heterocycles. The average Bonchev–Trinajstić information content (AvgIpc) is 3.29. The van der Waals surface area contributed by atoms with E-state index < -0.39 is 26.5 Å². The third kappa shape index (κ3) is 52.7. The summed E-state index contributed by atoms with van der Waals surface area (Å²) in [5.41, 5.74) is 0. The molecular formula is C57H102NO8P. The molecule has 0 spiro atoms. The van der Waals surface area contributed by atoms with Gasteiger partial charge in [-0.1, -0.05) is 222 Å². The average molecular weight is 960 g/mol. The minimum atomic E-state index is -4.63. The number of ether oxygens (including phenoxy) is 2. The summed E-state index contributed by atoms with van der Waals surface area (Å²) in [6.07, 6.45) is 62.2. The van der Waals surface area contributed by atoms with Crippen LogP contribution >= 0.6 is 7.82 Å². The topological polar surface area (TPSA) is 111 Å². The van der Waals surface area contributed by atoms with Gasteiger partial charge in [-0.3, -0.25) is 14.2 Å². The molecule has 0 aliphatic heterocycles. The van der Waals surface area contributed by atoms with Crippen LogP contribution in [0.25, 0.3) is 0 Å². The molecule has 10 heteroatoms. The Morgan fingerprint density at radius 3 is 1.27 bits per heavy atom. The molecule has 0 saturated carbocycles. The maximum Gasteiger partial charge on any atom is 0.306 e. The van der Waals surface area contributed by atoms with Gasteiger partial charge in [-0.05, 0) is 64.2 Å². The number of carbonyl (C=O) groups excluding carboxylic acids is 2. The van der Waals surface area contributed by atoms with Crippen LogP contribution in [0.15, 0.2) is 72.9 Å². The van der Waals surface area contributed by atoms with E-state index in [4.69, 9.17) is 18.5 Å². The third-order valence-electron chi connectivity index (χ3n) is 11.5. The van der Waals surface area contributed by atoms with Crippen LogP contribution < -0.4 is 4.89 Å². The second-order valence-corrected chi connectivity index (χ2v) is 20.6. The zero-order valence-electron chi connectivity index (χ0n) is 43.8. The van der Waals surface area contributed by atoms with E-state index in [1.165, 1.54) is 109 Å². The molecule has 0 heterocycles. The van der Waals surface area contributed by atoms with Crippen molar-refractivity contribution in [2.75, 3.05) is 47.5 Å². The lowest BCUT2D eigenvalue weighted by molar-refractivity contribution is -0.870. The number of hydrogen-bond acceptors (Lipinski definition) is 8. The second-order valence-electron chi connectivity index (χ2n) is 19.2. The van der Waals surface area contributed by atoms with E-state index in [9.17, 15) is 19.0 Å². The Kier molecular flexibility index (Phi) is 46.6. The molecule has 388 valence electrons. The summed E-state index contributed by atoms with van der Waals surface area (Å²) in [7, 11) is 1.16. The predicted octanol–water partition coefficient (Wildman–Crippen LogP) is 15.9. The summed E-state index contributed by atoms with van der Waals surface area (Å²) in [6, 6.07) is 0. The molecule has 0 aliphatic carbocycles. The SMILES string of the molecule is CC/C=C\C/C=C\C/C=C\C/C=C\C/C=C\C/C=C\CCCCCCCCCCCCC(=O)OC(COC(=O)CCCCCCCCCCCCCCCC)COP(=O)([O-])OCC[N+](C)(C)C. The van der Waals surface area contributed by atoms with E-state index in [1.807, 2.05) is 21.1 Å². The third-order valence-corrected chi connectivity index (χ3v) is 12.5. The van der Waals surface area contributed by atoms with Gasteiger partial charge in [-0.2, -0.15) is 0 Å². The molecule has 0 saturated heterocycles. The van der Waals surface area contributed by atoms with E-state index in [0.717, 1.165) is 83.5 Å². The Labute approximate surface area is 412 Å². The first-order chi connectivity index (χ1) is 32.5. The first kappa shape index (κ1) is 64.5. The number of esters is 2. The summed E-state index contributed by atoms with van der Waals surface area (Å²) in [5, 5.41) is 0. The molecule has 0 fully saturated rings. The smallest absolute Gasteiger partial charge is 0.306 e. The van der Waals surface area contributed by atoms with Crippen molar-refractivity contribution in [3.8, 4) is 0 Å². The number of quaternary nitrogens is 1. The van der Waals surface area contributed by atoms with Crippen molar-refractivity contribution < 1.29 is 42.1 Å². The second kappa shape index (κ2) is 48.5. The molecule has 0 bridgehead atoms. The van der Waals surface area contributed by atoms with Gasteiger partial charge in [0.25, 0.3) is 7.82 Å². The number of rotatable bonds is 49. The van der Waals surface area contributed by atoms with E-state index in [-0.39, 0.29) is 32.0 Å². The number of carbonyl (C=O) groups is 2. The molecule has 0 aliphatic rings. The molecule has 0 rings (SSSR count). The van der Waals surface area contributed by atoms with Crippen LogP contribution in [0.4, 0.5) is 0 Å². The van der Waals surface area contributed by atoms with Crippen LogP contribution in [-0.4, -0.2) is 70.0 Å². The van der Waals surface area contributed by atoms with Crippen LogP contribution in [0.5, 0.6) is 0 Å². The Hall–Kier alpha value is -2.55. The van der Waals surface area contributed by atoms with Crippen LogP contribution in [-0.2, 0) is 32.7 Å². The van der Waals surface area contributed by atoms with Gasteiger partial charge < -0.3 is 27.9 Å². The van der Waals surface area contributed by atoms with Crippen molar-refractivity contribution in [2.24, 2.45) is 0 Å². The maximum absolute atomic E-state index is 12.8. The largest absolute Gasteiger partial charge is 0.756 e. The van der Waals surface area contributed by atoms with Crippen molar-refractivity contribution in [1.29, 1.82) is 0 Å². The fraction of sp³-hybridized carbons (Fsp3) is 0.754. The van der Waals surface area contributed by atoms with Crippen LogP contribution in [0.3, 0.4) is 0 Å². The minimum Gasteiger partial charge on any atom is -0.756 e. The van der Waals surface area contributed by atoms with Gasteiger partial charge in [0.1, 0.15) is 19.8 Å². The highest BCUT2D eigenvalue weighted by Crippen LogP contribution is 2.38. The minimum absolute atomic E-state index is 0.0331. The fourth-order valence-electron chi connectivity index (χ4n) is 7.31. The number of likely N-dealkylation sites (N-methyl/N-ethyl adjacent to an activating group) is 1. The standard InChI is InChI=1S/C57H102NO8P/c1-6-8-10-12-14-16-18-20-22-23-24-25-26-27-28-29-30-31-32-33-34-35-36-38-40-42-44-46-48-50-57(60)66-55(54-65-67(61,62)64-52-51-58(3,4)5)53-63-56(59)49-47-45-43-41-39-37-21-19-17-15-13-11-9-7-2/h8,10,14,16,20,22,24-25,27-28,30-31,55H,6-7,9,11-13,15,17-19,21,23,26,29,32-54H2,1-5H3/b10-8-,16-14-,22-20-,25-24-,28-27-,31-30-. The highest BCUT2D eigenvalue weighted by Gasteiger charge is 2.21. The van der Waals surface area contributed by atoms with Gasteiger partial charge in [-0.15, -0.1) is 0 Å². The van der Waals surface area contributed by atoms with Crippen molar-refractivity contribution in [3.05, 3.63) is 72.9 Å². The highest BCUT2D eigenvalue weighted by atomic mass is 31.2. The monoisotopic (exact) mass is 960 g/mol. The molecular weight excluding hydrogens is 858 g/mol. The summed E-state index contributed by atoms with van der Waals surface area (Å²) in [6.45, 7) is 4.13. The van der Waals surface area contributed by atoms with Gasteiger partial charge in [0.2, 0.25) is 0 Å². The van der Waals surface area contributed by atoms with E-state index in [0.29, 0.717) is 17.4 Å². The lowest BCUT2D eigenvalue weighted by Gasteiger charge is -2.28. The zero-order chi connectivity index (χ0) is 49.2. The Balaban J connectivity index is 4.17. The zero-order valence-corrected chi connectivity index (χ0v) is 44.7. The lowest BCUT2D eigenvalue weighted by atomic mass is 10.0. The number of phosphoric ester groups is 1. The van der Waals surface area contributed by atoms with Crippen LogP contribution in [0.2, 0.25) is 0 Å². The maximum atomic E-state index is 12.8. The normalized spacial score (nSPS) is 13.9. The predicted molar refractivity (Wildman–Crippen MR) is 282 cm³/mol. The molecule has 0 N–H and O–H groups in total. The van der Waals surface area contributed by atoms with Crippen molar-refractivity contribution >= 4 is 19.8 Å². The van der Waals surface area contributed by atoms with E-state index >= 15 is 0 Å². The Bertz CT molecular complexity index is 1360. The number of unbranched alkanes of at least 4 members (excludes halogenated alkanes) is 23. The summed E-state index contributed by atoms with van der Waals surface area (Å²) >= 11 is 0. The van der Waals surface area contributed by atoms with Crippen molar-refractivity contribution in [3.63, 3.8) is 0 Å². The highest BCUT2D eigenvalue weighted by molar-refractivity contribution is 7.45. The molecule has 9 nitrogen and oxygen atoms in total. The molecule has 0 radical (unpaired) electrons. The number of allylic oxidation sites excluding steroid dienone is 12. The van der Waals surface area contributed by atoms with E-state index in [2.05, 4.69) is 86.8 Å². The van der Waals surface area contributed by atoms with Crippen molar-refractivity contribution in [2.45, 2.75) is 232 Å². The Morgan fingerprint density at radius 2 is 0.851 bits per heavy atom. The molecule has 2 unspecified atom stereocenters. The van der Waals surface area contributed by atoms with Gasteiger partial charge in [-0.25, -0.2) is 0 Å².